The largest absolute Gasteiger partial charge is 0.392 e. The fourth-order valence-electron chi connectivity index (χ4n) is 1.17. The molecule has 0 aliphatic heterocycles. The summed E-state index contributed by atoms with van der Waals surface area (Å²) in [4.78, 5) is 10.6. The third-order valence-corrected chi connectivity index (χ3v) is 1.90. The molecule has 2 heteroatoms. The van der Waals surface area contributed by atoms with E-state index in [1.165, 1.54) is 0 Å². The maximum atomic E-state index is 10.6. The lowest BCUT2D eigenvalue weighted by Crippen LogP contribution is -1.93. The lowest BCUT2D eigenvalue weighted by Gasteiger charge is -2.02. The summed E-state index contributed by atoms with van der Waals surface area (Å²) in [5.74, 6) is 0. The van der Waals surface area contributed by atoms with Gasteiger partial charge in [-0.25, -0.2) is 0 Å². The highest BCUT2D eigenvalue weighted by Crippen LogP contribution is 2.10. The molecule has 0 aromatic heterocycles. The van der Waals surface area contributed by atoms with Crippen molar-refractivity contribution >= 4 is 6.29 Å². The quantitative estimate of drug-likeness (QED) is 0.688. The van der Waals surface area contributed by atoms with E-state index in [1.54, 1.807) is 6.07 Å². The van der Waals surface area contributed by atoms with Crippen molar-refractivity contribution in [2.24, 2.45) is 0 Å². The van der Waals surface area contributed by atoms with E-state index in [-0.39, 0.29) is 6.61 Å². The number of carbonyl (C=O) groups excluding carboxylic acids is 1. The van der Waals surface area contributed by atoms with Crippen LogP contribution >= 0.6 is 0 Å². The number of benzene rings is 1. The average molecular weight is 164 g/mol. The Morgan fingerprint density at radius 2 is 2.25 bits per heavy atom. The molecule has 0 spiro atoms. The average Bonchev–Trinajstić information content (AvgIpc) is 2.16. The number of aliphatic hydroxyl groups excluding tert-OH is 1. The molecule has 0 radical (unpaired) electrons. The van der Waals surface area contributed by atoms with E-state index < -0.39 is 0 Å². The Labute approximate surface area is 71.8 Å². The zero-order valence-corrected chi connectivity index (χ0v) is 7.08. The molecule has 0 saturated heterocycles. The first-order valence-electron chi connectivity index (χ1n) is 3.99. The molecule has 1 N–H and O–H groups in total. The molecule has 0 bridgehead atoms. The van der Waals surface area contributed by atoms with Crippen LogP contribution < -0.4 is 0 Å². The third kappa shape index (κ3) is 1.71. The van der Waals surface area contributed by atoms with Gasteiger partial charge >= 0.3 is 0 Å². The summed E-state index contributed by atoms with van der Waals surface area (Å²) >= 11 is 0. The number of aldehydes is 1. The van der Waals surface area contributed by atoms with Crippen LogP contribution in [0, 0.1) is 0 Å². The van der Waals surface area contributed by atoms with Gasteiger partial charge in [-0.3, -0.25) is 4.79 Å². The summed E-state index contributed by atoms with van der Waals surface area (Å²) in [7, 11) is 0. The molecule has 0 amide bonds. The lowest BCUT2D eigenvalue weighted by molar-refractivity contribution is 0.112. The second-order valence-corrected chi connectivity index (χ2v) is 2.66. The van der Waals surface area contributed by atoms with Crippen LogP contribution in [-0.2, 0) is 13.0 Å². The Bertz CT molecular complexity index is 279. The van der Waals surface area contributed by atoms with Crippen molar-refractivity contribution in [3.63, 3.8) is 0 Å². The Morgan fingerprint density at radius 1 is 1.50 bits per heavy atom. The SMILES string of the molecule is CCc1ccc(CO)cc1C=O. The lowest BCUT2D eigenvalue weighted by atomic mass is 10.0. The Balaban J connectivity index is 3.10. The molecule has 64 valence electrons. The van der Waals surface area contributed by atoms with Crippen molar-refractivity contribution in [3.8, 4) is 0 Å². The van der Waals surface area contributed by atoms with Crippen LogP contribution in [0.4, 0.5) is 0 Å². The number of rotatable bonds is 3. The van der Waals surface area contributed by atoms with Crippen molar-refractivity contribution in [1.82, 2.24) is 0 Å². The predicted molar refractivity (Wildman–Crippen MR) is 47.1 cm³/mol. The zero-order chi connectivity index (χ0) is 8.97. The predicted octanol–water partition coefficient (Wildman–Crippen LogP) is 1.55. The molecule has 0 aliphatic rings. The Kier molecular flexibility index (Phi) is 3.00. The van der Waals surface area contributed by atoms with E-state index in [9.17, 15) is 4.79 Å². The van der Waals surface area contributed by atoms with Crippen LogP contribution in [0.15, 0.2) is 18.2 Å². The maximum absolute atomic E-state index is 10.6. The van der Waals surface area contributed by atoms with Gasteiger partial charge in [0.25, 0.3) is 0 Å². The molecule has 0 atom stereocenters. The second-order valence-electron chi connectivity index (χ2n) is 2.66. The van der Waals surface area contributed by atoms with Crippen molar-refractivity contribution in [2.45, 2.75) is 20.0 Å². The van der Waals surface area contributed by atoms with E-state index >= 15 is 0 Å². The van der Waals surface area contributed by atoms with Gasteiger partial charge < -0.3 is 5.11 Å². The van der Waals surface area contributed by atoms with Gasteiger partial charge in [0.1, 0.15) is 6.29 Å². The first-order chi connectivity index (χ1) is 5.81. The molecule has 2 nitrogen and oxygen atoms in total. The van der Waals surface area contributed by atoms with Crippen LogP contribution in [0.1, 0.15) is 28.4 Å². The van der Waals surface area contributed by atoms with Gasteiger partial charge in [0.05, 0.1) is 6.61 Å². The van der Waals surface area contributed by atoms with Gasteiger partial charge in [-0.2, -0.15) is 0 Å². The summed E-state index contributed by atoms with van der Waals surface area (Å²) < 4.78 is 0. The summed E-state index contributed by atoms with van der Waals surface area (Å²) in [5, 5.41) is 8.81. The van der Waals surface area contributed by atoms with Crippen molar-refractivity contribution in [3.05, 3.63) is 34.9 Å². The third-order valence-electron chi connectivity index (χ3n) is 1.90. The number of aryl methyl sites for hydroxylation is 1. The molecule has 0 heterocycles. The van der Waals surface area contributed by atoms with E-state index in [0.717, 1.165) is 23.8 Å². The summed E-state index contributed by atoms with van der Waals surface area (Å²) in [5.41, 5.74) is 2.50. The van der Waals surface area contributed by atoms with Gasteiger partial charge in [0, 0.05) is 5.56 Å². The Hall–Kier alpha value is -1.15. The standard InChI is InChI=1S/C10H12O2/c1-2-9-4-3-8(6-11)5-10(9)7-12/h3-5,7,11H,2,6H2,1H3. The highest BCUT2D eigenvalue weighted by Gasteiger charge is 1.99. The molecule has 12 heavy (non-hydrogen) atoms. The first-order valence-corrected chi connectivity index (χ1v) is 3.99. The molecular formula is C10H12O2. The first kappa shape index (κ1) is 8.94. The monoisotopic (exact) mass is 164 g/mol. The van der Waals surface area contributed by atoms with Crippen LogP contribution in [0.3, 0.4) is 0 Å². The highest BCUT2D eigenvalue weighted by atomic mass is 16.3. The summed E-state index contributed by atoms with van der Waals surface area (Å²) in [6.07, 6.45) is 1.68. The molecule has 0 aliphatic carbocycles. The topological polar surface area (TPSA) is 37.3 Å². The number of hydrogen-bond donors (Lipinski definition) is 1. The van der Waals surface area contributed by atoms with Gasteiger partial charge in [0.2, 0.25) is 0 Å². The van der Waals surface area contributed by atoms with Gasteiger partial charge in [-0.15, -0.1) is 0 Å². The Morgan fingerprint density at radius 3 is 2.75 bits per heavy atom. The minimum absolute atomic E-state index is 0.00909. The van der Waals surface area contributed by atoms with E-state index in [4.69, 9.17) is 5.11 Å². The second kappa shape index (κ2) is 4.02. The maximum Gasteiger partial charge on any atom is 0.150 e. The zero-order valence-electron chi connectivity index (χ0n) is 7.08. The van der Waals surface area contributed by atoms with Gasteiger partial charge in [0.15, 0.2) is 0 Å². The van der Waals surface area contributed by atoms with E-state index in [2.05, 4.69) is 0 Å². The van der Waals surface area contributed by atoms with Crippen molar-refractivity contribution < 1.29 is 9.90 Å². The fraction of sp³-hybridized carbons (Fsp3) is 0.300. The number of carbonyl (C=O) groups is 1. The fourth-order valence-corrected chi connectivity index (χ4v) is 1.17. The van der Waals surface area contributed by atoms with Gasteiger partial charge in [-0.1, -0.05) is 19.1 Å². The van der Waals surface area contributed by atoms with Crippen molar-refractivity contribution in [2.75, 3.05) is 0 Å². The molecule has 0 unspecified atom stereocenters. The van der Waals surface area contributed by atoms with E-state index in [1.807, 2.05) is 19.1 Å². The van der Waals surface area contributed by atoms with Gasteiger partial charge in [-0.05, 0) is 23.6 Å². The van der Waals surface area contributed by atoms with E-state index in [0.29, 0.717) is 5.56 Å². The highest BCUT2D eigenvalue weighted by molar-refractivity contribution is 5.77. The molecule has 0 saturated carbocycles. The molecule has 1 rings (SSSR count). The number of hydrogen-bond acceptors (Lipinski definition) is 2. The molecular weight excluding hydrogens is 152 g/mol. The normalized spacial score (nSPS) is 9.83. The van der Waals surface area contributed by atoms with Crippen LogP contribution in [0.25, 0.3) is 0 Å². The summed E-state index contributed by atoms with van der Waals surface area (Å²) in [6, 6.07) is 5.45. The molecule has 1 aromatic rings. The minimum Gasteiger partial charge on any atom is -0.392 e. The molecule has 1 aromatic carbocycles. The van der Waals surface area contributed by atoms with Crippen molar-refractivity contribution in [1.29, 1.82) is 0 Å². The van der Waals surface area contributed by atoms with Crippen LogP contribution in [-0.4, -0.2) is 11.4 Å². The smallest absolute Gasteiger partial charge is 0.150 e. The minimum atomic E-state index is -0.00909. The van der Waals surface area contributed by atoms with Crippen LogP contribution in [0.5, 0.6) is 0 Å². The summed E-state index contributed by atoms with van der Waals surface area (Å²) in [6.45, 7) is 1.99. The number of aliphatic hydroxyl groups is 1. The molecule has 0 fully saturated rings. The van der Waals surface area contributed by atoms with Crippen LogP contribution in [0.2, 0.25) is 0 Å².